The monoisotopic (exact) mass is 403 g/mol. The molecule has 0 spiro atoms. The van der Waals surface area contributed by atoms with Crippen LogP contribution in [0, 0.1) is 5.92 Å². The van der Waals surface area contributed by atoms with E-state index in [4.69, 9.17) is 11.6 Å². The Bertz CT molecular complexity index is 653. The van der Waals surface area contributed by atoms with Gasteiger partial charge in [-0.2, -0.15) is 13.2 Å². The number of allylic oxidation sites excluding steroid dienone is 1. The average Bonchev–Trinajstić information content (AvgIpc) is 2.60. The van der Waals surface area contributed by atoms with Crippen LogP contribution in [0.2, 0.25) is 5.02 Å². The lowest BCUT2D eigenvalue weighted by Gasteiger charge is -2.33. The van der Waals surface area contributed by atoms with E-state index < -0.39 is 17.7 Å². The van der Waals surface area contributed by atoms with Gasteiger partial charge in [0.15, 0.2) is 0 Å². The summed E-state index contributed by atoms with van der Waals surface area (Å²) in [5.41, 5.74) is -1.07. The Balaban J connectivity index is 1.93. The van der Waals surface area contributed by atoms with Gasteiger partial charge in [-0.05, 0) is 30.7 Å². The van der Waals surface area contributed by atoms with Crippen LogP contribution in [-0.2, 0) is 4.79 Å². The highest BCUT2D eigenvalue weighted by Crippen LogP contribution is 2.34. The molecule has 150 valence electrons. The van der Waals surface area contributed by atoms with Crippen molar-refractivity contribution in [1.29, 1.82) is 0 Å². The molecule has 0 radical (unpaired) electrons. The van der Waals surface area contributed by atoms with Crippen LogP contribution in [0.1, 0.15) is 12.5 Å². The smallest absolute Gasteiger partial charge is 0.352 e. The van der Waals surface area contributed by atoms with Gasteiger partial charge in [-0.15, -0.1) is 0 Å². The number of alkyl halides is 3. The average molecular weight is 404 g/mol. The number of hydrogen-bond donors (Lipinski definition) is 1. The van der Waals surface area contributed by atoms with Gasteiger partial charge >= 0.3 is 6.18 Å². The number of carbonyl (C=O) groups excluding carboxylic acids is 1. The van der Waals surface area contributed by atoms with Gasteiger partial charge in [0.25, 0.3) is 0 Å². The van der Waals surface area contributed by atoms with Gasteiger partial charge in [0.2, 0.25) is 5.91 Å². The van der Waals surface area contributed by atoms with Crippen molar-refractivity contribution in [2.45, 2.75) is 13.1 Å². The Hall–Kier alpha value is -1.57. The molecule has 0 saturated carbocycles. The number of halogens is 4. The molecule has 0 aliphatic carbocycles. The summed E-state index contributed by atoms with van der Waals surface area (Å²) >= 11 is 5.72. The van der Waals surface area contributed by atoms with Crippen molar-refractivity contribution in [3.05, 3.63) is 40.9 Å². The number of hydrogen-bond acceptors (Lipinski definition) is 3. The molecule has 1 aliphatic heterocycles. The number of nitrogens with zero attached hydrogens (tertiary/aromatic N) is 2. The van der Waals surface area contributed by atoms with Crippen LogP contribution < -0.4 is 5.32 Å². The molecule has 2 rings (SSSR count). The molecule has 27 heavy (non-hydrogen) atoms. The van der Waals surface area contributed by atoms with E-state index in [0.717, 1.165) is 32.7 Å². The van der Waals surface area contributed by atoms with E-state index in [9.17, 15) is 18.0 Å². The van der Waals surface area contributed by atoms with Crippen molar-refractivity contribution in [2.75, 3.05) is 46.3 Å². The van der Waals surface area contributed by atoms with Crippen molar-refractivity contribution in [2.24, 2.45) is 5.92 Å². The number of benzene rings is 1. The van der Waals surface area contributed by atoms with Crippen LogP contribution in [0.25, 0.3) is 5.57 Å². The maximum absolute atomic E-state index is 13.3. The normalized spacial score (nSPS) is 18.4. The lowest BCUT2D eigenvalue weighted by Crippen LogP contribution is -2.46. The number of rotatable bonds is 6. The topological polar surface area (TPSA) is 35.6 Å². The third kappa shape index (κ3) is 7.16. The Morgan fingerprint density at radius 1 is 1.22 bits per heavy atom. The fraction of sp³-hybridized carbons (Fsp3) is 0.526. The van der Waals surface area contributed by atoms with Crippen molar-refractivity contribution in [3.63, 3.8) is 0 Å². The number of likely N-dealkylation sites (N-methyl/N-ethyl adjacent to an activating group) is 1. The summed E-state index contributed by atoms with van der Waals surface area (Å²) in [5.74, 6) is -0.599. The summed E-state index contributed by atoms with van der Waals surface area (Å²) in [6, 6.07) is 5.24. The number of piperazine rings is 1. The molecule has 1 amide bonds. The number of amides is 1. The van der Waals surface area contributed by atoms with E-state index in [2.05, 4.69) is 22.2 Å². The van der Waals surface area contributed by atoms with Gasteiger partial charge in [-0.25, -0.2) is 0 Å². The molecule has 1 unspecified atom stereocenters. The van der Waals surface area contributed by atoms with Crippen molar-refractivity contribution < 1.29 is 18.0 Å². The van der Waals surface area contributed by atoms with Gasteiger partial charge in [-0.1, -0.05) is 30.7 Å². The standard InChI is InChI=1S/C19H25ClF3N3O/c1-14(13-26-9-7-25(2)8-10-26)12-24-18(27)11-17(19(21,22)23)15-3-5-16(20)6-4-15/h3-6,11,14H,7-10,12-13H2,1-2H3,(H,24,27)/b17-11-. The van der Waals surface area contributed by atoms with E-state index >= 15 is 0 Å². The first-order valence-corrected chi connectivity index (χ1v) is 9.26. The zero-order valence-electron chi connectivity index (χ0n) is 15.5. The first-order valence-electron chi connectivity index (χ1n) is 8.88. The summed E-state index contributed by atoms with van der Waals surface area (Å²) in [6.07, 6.45) is -4.01. The molecule has 1 saturated heterocycles. The van der Waals surface area contributed by atoms with Crippen LogP contribution in [0.4, 0.5) is 13.2 Å². The van der Waals surface area contributed by atoms with Gasteiger partial charge in [0.05, 0.1) is 5.57 Å². The molecule has 1 aromatic rings. The molecule has 1 heterocycles. The minimum absolute atomic E-state index is 0.0902. The third-order valence-corrected chi connectivity index (χ3v) is 4.78. The van der Waals surface area contributed by atoms with Crippen LogP contribution in [0.15, 0.2) is 30.3 Å². The highest BCUT2D eigenvalue weighted by Gasteiger charge is 2.35. The van der Waals surface area contributed by atoms with Crippen LogP contribution in [0.5, 0.6) is 0 Å². The molecule has 8 heteroatoms. The fourth-order valence-corrected chi connectivity index (χ4v) is 3.08. The molecule has 1 aliphatic rings. The summed E-state index contributed by atoms with van der Waals surface area (Å²) < 4.78 is 39.9. The Morgan fingerprint density at radius 2 is 1.81 bits per heavy atom. The Kier molecular flexibility index (Phi) is 7.70. The minimum Gasteiger partial charge on any atom is -0.352 e. The summed E-state index contributed by atoms with van der Waals surface area (Å²) in [5, 5.41) is 2.92. The molecule has 1 atom stereocenters. The third-order valence-electron chi connectivity index (χ3n) is 4.53. The molecule has 1 aromatic carbocycles. The summed E-state index contributed by atoms with van der Waals surface area (Å²) in [4.78, 5) is 16.6. The van der Waals surface area contributed by atoms with Crippen molar-refractivity contribution in [1.82, 2.24) is 15.1 Å². The second kappa shape index (κ2) is 9.57. The van der Waals surface area contributed by atoms with Gasteiger partial charge in [0, 0.05) is 50.4 Å². The van der Waals surface area contributed by atoms with Crippen molar-refractivity contribution >= 4 is 23.1 Å². The first kappa shape index (κ1) is 21.7. The minimum atomic E-state index is -4.63. The number of carbonyl (C=O) groups is 1. The second-order valence-corrected chi connectivity index (χ2v) is 7.45. The van der Waals surface area contributed by atoms with E-state index in [0.29, 0.717) is 17.6 Å². The first-order chi connectivity index (χ1) is 12.6. The summed E-state index contributed by atoms with van der Waals surface area (Å²) in [7, 11) is 2.08. The zero-order valence-corrected chi connectivity index (χ0v) is 16.3. The largest absolute Gasteiger partial charge is 0.417 e. The molecule has 1 N–H and O–H groups in total. The lowest BCUT2D eigenvalue weighted by molar-refractivity contribution is -0.117. The Morgan fingerprint density at radius 3 is 2.37 bits per heavy atom. The van der Waals surface area contributed by atoms with Crippen molar-refractivity contribution in [3.8, 4) is 0 Å². The second-order valence-electron chi connectivity index (χ2n) is 7.02. The van der Waals surface area contributed by atoms with Gasteiger partial charge in [-0.3, -0.25) is 4.79 Å². The Labute approximate surface area is 163 Å². The lowest BCUT2D eigenvalue weighted by atomic mass is 10.0. The molecule has 0 aromatic heterocycles. The molecular weight excluding hydrogens is 379 g/mol. The maximum Gasteiger partial charge on any atom is 0.417 e. The van der Waals surface area contributed by atoms with Crippen LogP contribution in [0.3, 0.4) is 0 Å². The maximum atomic E-state index is 13.3. The highest BCUT2D eigenvalue weighted by molar-refractivity contribution is 6.30. The van der Waals surface area contributed by atoms with E-state index in [-0.39, 0.29) is 11.5 Å². The van der Waals surface area contributed by atoms with Crippen LogP contribution >= 0.6 is 11.6 Å². The SMILES string of the molecule is CC(CNC(=O)/C=C(/c1ccc(Cl)cc1)C(F)(F)F)CN1CCN(C)CC1. The van der Waals surface area contributed by atoms with E-state index in [1.54, 1.807) is 0 Å². The molecular formula is C19H25ClF3N3O. The summed E-state index contributed by atoms with van der Waals surface area (Å²) in [6.45, 7) is 7.03. The van der Waals surface area contributed by atoms with Crippen LogP contribution in [-0.4, -0.2) is 68.2 Å². The highest BCUT2D eigenvalue weighted by atomic mass is 35.5. The zero-order chi connectivity index (χ0) is 20.0. The molecule has 1 fully saturated rings. The molecule has 0 bridgehead atoms. The predicted octanol–water partition coefficient (Wildman–Crippen LogP) is 3.29. The quantitative estimate of drug-likeness (QED) is 0.740. The van der Waals surface area contributed by atoms with Gasteiger partial charge < -0.3 is 15.1 Å². The fourth-order valence-electron chi connectivity index (χ4n) is 2.95. The molecule has 4 nitrogen and oxygen atoms in total. The van der Waals surface area contributed by atoms with E-state index in [1.165, 1.54) is 24.3 Å². The van der Waals surface area contributed by atoms with Gasteiger partial charge in [0.1, 0.15) is 0 Å². The number of nitrogens with one attached hydrogen (secondary N) is 1. The predicted molar refractivity (Wildman–Crippen MR) is 102 cm³/mol. The van der Waals surface area contributed by atoms with E-state index in [1.807, 2.05) is 6.92 Å².